The monoisotopic (exact) mass is 260 g/mol. The minimum Gasteiger partial charge on any atom is -0.444 e. The van der Waals surface area contributed by atoms with Crippen molar-refractivity contribution in [3.8, 4) is 0 Å². The number of nitrogens with one attached hydrogen (secondary N) is 1. The maximum absolute atomic E-state index is 6.06. The number of aryl methyl sites for hydroxylation is 1. The number of hydrogen-bond donors (Lipinski definition) is 2. The molecule has 0 saturated carbocycles. The van der Waals surface area contributed by atoms with Crippen LogP contribution in [0.1, 0.15) is 11.7 Å². The normalized spacial score (nSPS) is 10.9. The fourth-order valence-electron chi connectivity index (χ4n) is 1.76. The number of thiazole rings is 1. The van der Waals surface area contributed by atoms with Crippen molar-refractivity contribution in [2.24, 2.45) is 0 Å². The highest BCUT2D eigenvalue weighted by atomic mass is 32.1. The molecule has 92 valence electrons. The van der Waals surface area contributed by atoms with Crippen molar-refractivity contribution in [1.82, 2.24) is 9.97 Å². The Morgan fingerprint density at radius 2 is 2.28 bits per heavy atom. The molecule has 0 unspecified atom stereocenters. The van der Waals surface area contributed by atoms with Crippen LogP contribution in [-0.2, 0) is 6.54 Å². The number of anilines is 2. The minimum atomic E-state index is 0.508. The number of benzene rings is 1. The second-order valence-electron chi connectivity index (χ2n) is 3.94. The SMILES string of the molecule is Cc1cnc(CNc2ccc3scnc3c2N)o1. The van der Waals surface area contributed by atoms with Crippen LogP contribution in [0.5, 0.6) is 0 Å². The van der Waals surface area contributed by atoms with Crippen LogP contribution in [0.3, 0.4) is 0 Å². The highest BCUT2D eigenvalue weighted by molar-refractivity contribution is 7.16. The zero-order valence-corrected chi connectivity index (χ0v) is 10.6. The molecule has 6 heteroatoms. The molecule has 0 aliphatic rings. The Kier molecular flexibility index (Phi) is 2.64. The van der Waals surface area contributed by atoms with Crippen molar-refractivity contribution < 1.29 is 4.42 Å². The second kappa shape index (κ2) is 4.30. The van der Waals surface area contributed by atoms with Gasteiger partial charge in [-0.1, -0.05) is 0 Å². The third-order valence-electron chi connectivity index (χ3n) is 2.64. The Balaban J connectivity index is 1.84. The summed E-state index contributed by atoms with van der Waals surface area (Å²) in [6.07, 6.45) is 1.70. The van der Waals surface area contributed by atoms with Crippen molar-refractivity contribution in [2.45, 2.75) is 13.5 Å². The number of nitrogens with zero attached hydrogens (tertiary/aromatic N) is 2. The number of aromatic nitrogens is 2. The first-order chi connectivity index (χ1) is 8.74. The highest BCUT2D eigenvalue weighted by Gasteiger charge is 2.07. The molecule has 0 saturated heterocycles. The fraction of sp³-hybridized carbons (Fsp3) is 0.167. The molecule has 3 aromatic rings. The fourth-order valence-corrected chi connectivity index (χ4v) is 2.45. The number of rotatable bonds is 3. The molecular formula is C12H12N4OS. The van der Waals surface area contributed by atoms with E-state index in [1.807, 2.05) is 19.1 Å². The van der Waals surface area contributed by atoms with Crippen LogP contribution in [-0.4, -0.2) is 9.97 Å². The summed E-state index contributed by atoms with van der Waals surface area (Å²) >= 11 is 1.58. The van der Waals surface area contributed by atoms with Gasteiger partial charge in [-0.2, -0.15) is 0 Å². The van der Waals surface area contributed by atoms with Crippen LogP contribution in [0.25, 0.3) is 10.2 Å². The third kappa shape index (κ3) is 1.91. The molecule has 0 aliphatic heterocycles. The van der Waals surface area contributed by atoms with Gasteiger partial charge in [0.25, 0.3) is 0 Å². The quantitative estimate of drug-likeness (QED) is 0.708. The second-order valence-corrected chi connectivity index (χ2v) is 4.83. The summed E-state index contributed by atoms with van der Waals surface area (Å²) in [5.41, 5.74) is 10.2. The molecule has 0 amide bonds. The average Bonchev–Trinajstić information content (AvgIpc) is 2.97. The van der Waals surface area contributed by atoms with Gasteiger partial charge in [-0.3, -0.25) is 0 Å². The van der Waals surface area contributed by atoms with Gasteiger partial charge in [-0.05, 0) is 19.1 Å². The number of fused-ring (bicyclic) bond motifs is 1. The lowest BCUT2D eigenvalue weighted by Gasteiger charge is -2.07. The summed E-state index contributed by atoms with van der Waals surface area (Å²) in [5, 5.41) is 3.21. The van der Waals surface area contributed by atoms with Gasteiger partial charge in [-0.15, -0.1) is 11.3 Å². The molecule has 1 aromatic carbocycles. The molecule has 0 spiro atoms. The van der Waals surface area contributed by atoms with E-state index in [4.69, 9.17) is 10.2 Å². The molecule has 2 aromatic heterocycles. The Labute approximate surface area is 108 Å². The maximum atomic E-state index is 6.06. The molecule has 0 radical (unpaired) electrons. The summed E-state index contributed by atoms with van der Waals surface area (Å²) in [6, 6.07) is 3.96. The van der Waals surface area contributed by atoms with Gasteiger partial charge >= 0.3 is 0 Å². The van der Waals surface area contributed by atoms with Gasteiger partial charge in [0.05, 0.1) is 34.3 Å². The van der Waals surface area contributed by atoms with Crippen LogP contribution in [0.4, 0.5) is 11.4 Å². The van der Waals surface area contributed by atoms with Crippen LogP contribution in [0, 0.1) is 6.92 Å². The van der Waals surface area contributed by atoms with E-state index in [9.17, 15) is 0 Å². The predicted octanol–water partition coefficient (Wildman–Crippen LogP) is 2.79. The van der Waals surface area contributed by atoms with Gasteiger partial charge in [0, 0.05) is 0 Å². The van der Waals surface area contributed by atoms with Crippen LogP contribution in [0.2, 0.25) is 0 Å². The lowest BCUT2D eigenvalue weighted by Crippen LogP contribution is -2.02. The molecule has 3 N–H and O–H groups in total. The minimum absolute atomic E-state index is 0.508. The lowest BCUT2D eigenvalue weighted by atomic mass is 10.2. The van der Waals surface area contributed by atoms with E-state index in [1.165, 1.54) is 0 Å². The van der Waals surface area contributed by atoms with E-state index < -0.39 is 0 Å². The zero-order chi connectivity index (χ0) is 12.5. The first-order valence-electron chi connectivity index (χ1n) is 5.51. The van der Waals surface area contributed by atoms with Crippen LogP contribution < -0.4 is 11.1 Å². The first-order valence-corrected chi connectivity index (χ1v) is 6.39. The molecule has 0 fully saturated rings. The summed E-state index contributed by atoms with van der Waals surface area (Å²) in [4.78, 5) is 8.38. The topological polar surface area (TPSA) is 77.0 Å². The van der Waals surface area contributed by atoms with E-state index in [1.54, 1.807) is 23.0 Å². The zero-order valence-electron chi connectivity index (χ0n) is 9.80. The summed E-state index contributed by atoms with van der Waals surface area (Å²) < 4.78 is 6.48. The van der Waals surface area contributed by atoms with E-state index in [0.29, 0.717) is 18.1 Å². The molecular weight excluding hydrogens is 248 g/mol. The molecule has 2 heterocycles. The van der Waals surface area contributed by atoms with Crippen molar-refractivity contribution in [2.75, 3.05) is 11.1 Å². The Hall–Kier alpha value is -2.08. The van der Waals surface area contributed by atoms with Crippen LogP contribution >= 0.6 is 11.3 Å². The molecule has 18 heavy (non-hydrogen) atoms. The van der Waals surface area contributed by atoms with Crippen molar-refractivity contribution >= 4 is 32.9 Å². The van der Waals surface area contributed by atoms with Gasteiger partial charge in [0.1, 0.15) is 11.3 Å². The Morgan fingerprint density at radius 3 is 3.06 bits per heavy atom. The van der Waals surface area contributed by atoms with Crippen LogP contribution in [0.15, 0.2) is 28.3 Å². The molecule has 0 aliphatic carbocycles. The smallest absolute Gasteiger partial charge is 0.213 e. The number of nitrogen functional groups attached to an aromatic ring is 1. The third-order valence-corrected chi connectivity index (χ3v) is 3.43. The Morgan fingerprint density at radius 1 is 1.39 bits per heavy atom. The maximum Gasteiger partial charge on any atom is 0.213 e. The van der Waals surface area contributed by atoms with Gasteiger partial charge < -0.3 is 15.5 Å². The van der Waals surface area contributed by atoms with E-state index in [-0.39, 0.29) is 0 Å². The van der Waals surface area contributed by atoms with E-state index >= 15 is 0 Å². The average molecular weight is 260 g/mol. The summed E-state index contributed by atoms with van der Waals surface area (Å²) in [7, 11) is 0. The molecule has 0 bridgehead atoms. The number of nitrogens with two attached hydrogens (primary N) is 1. The summed E-state index contributed by atoms with van der Waals surface area (Å²) in [5.74, 6) is 1.44. The first kappa shape index (κ1) is 11.0. The van der Waals surface area contributed by atoms with Crippen molar-refractivity contribution in [3.63, 3.8) is 0 Å². The highest BCUT2D eigenvalue weighted by Crippen LogP contribution is 2.30. The number of oxazole rings is 1. The molecule has 3 rings (SSSR count). The van der Waals surface area contributed by atoms with Crippen molar-refractivity contribution in [3.05, 3.63) is 35.5 Å². The van der Waals surface area contributed by atoms with E-state index in [2.05, 4.69) is 15.3 Å². The largest absolute Gasteiger partial charge is 0.444 e. The lowest BCUT2D eigenvalue weighted by molar-refractivity contribution is 0.479. The van der Waals surface area contributed by atoms with Crippen molar-refractivity contribution in [1.29, 1.82) is 0 Å². The van der Waals surface area contributed by atoms with Gasteiger partial charge in [0.15, 0.2) is 0 Å². The molecule has 5 nitrogen and oxygen atoms in total. The van der Waals surface area contributed by atoms with Gasteiger partial charge in [0.2, 0.25) is 5.89 Å². The summed E-state index contributed by atoms with van der Waals surface area (Å²) in [6.45, 7) is 2.37. The van der Waals surface area contributed by atoms with Gasteiger partial charge in [-0.25, -0.2) is 9.97 Å². The number of hydrogen-bond acceptors (Lipinski definition) is 6. The molecule has 0 atom stereocenters. The predicted molar refractivity (Wildman–Crippen MR) is 72.6 cm³/mol. The Bertz CT molecular complexity index is 688. The standard InChI is InChI=1S/C12H12N4OS/c1-7-4-15-10(17-7)5-14-8-2-3-9-12(11(8)13)16-6-18-9/h2-4,6,14H,5,13H2,1H3. The van der Waals surface area contributed by atoms with E-state index in [0.717, 1.165) is 21.7 Å².